The van der Waals surface area contributed by atoms with E-state index in [4.69, 9.17) is 9.90 Å². The number of hydrogen-bond acceptors (Lipinski definition) is 1. The van der Waals surface area contributed by atoms with E-state index in [0.717, 1.165) is 6.92 Å². The molecule has 0 aliphatic heterocycles. The minimum Gasteiger partial charge on any atom is -0.361 e. The molecule has 0 amide bonds. The van der Waals surface area contributed by atoms with Crippen LogP contribution in [0.15, 0.2) is 36.5 Å². The van der Waals surface area contributed by atoms with E-state index < -0.39 is 5.97 Å². The number of carbonyl (C=O) groups is 1. The summed E-state index contributed by atoms with van der Waals surface area (Å²) in [6.45, 7) is 1.08. The number of aromatic amines is 1. The Morgan fingerprint density at radius 1 is 1.29 bits per heavy atom. The van der Waals surface area contributed by atoms with E-state index in [1.165, 1.54) is 10.9 Å². The van der Waals surface area contributed by atoms with Crippen LogP contribution in [0.1, 0.15) is 6.92 Å². The second-order valence-electron chi connectivity index (χ2n) is 2.58. The number of H-pyrrole nitrogens is 1. The van der Waals surface area contributed by atoms with Gasteiger partial charge >= 0.3 is 29.6 Å². The van der Waals surface area contributed by atoms with Crippen LogP contribution in [0, 0.1) is 0 Å². The van der Waals surface area contributed by atoms with Gasteiger partial charge in [-0.2, -0.15) is 0 Å². The van der Waals surface area contributed by atoms with E-state index in [0.29, 0.717) is 0 Å². The Hall–Kier alpha value is -0.770. The molecule has 1 aromatic carbocycles. The molecule has 14 heavy (non-hydrogen) atoms. The van der Waals surface area contributed by atoms with Crippen molar-refractivity contribution in [1.82, 2.24) is 4.98 Å². The van der Waals surface area contributed by atoms with Crippen LogP contribution in [0.4, 0.5) is 0 Å². The van der Waals surface area contributed by atoms with Gasteiger partial charge in [-0.1, -0.05) is 18.2 Å². The first kappa shape index (κ1) is 13.2. The van der Waals surface area contributed by atoms with Gasteiger partial charge in [0.2, 0.25) is 0 Å². The van der Waals surface area contributed by atoms with Crippen LogP contribution in [0.5, 0.6) is 0 Å². The molecule has 2 aromatic rings. The van der Waals surface area contributed by atoms with Gasteiger partial charge in [0.25, 0.3) is 5.97 Å². The maximum absolute atomic E-state index is 9.00. The number of aliphatic carboxylic acids is 1. The largest absolute Gasteiger partial charge is 0.361 e. The minimum absolute atomic E-state index is 0. The van der Waals surface area contributed by atoms with Gasteiger partial charge in [0.05, 0.1) is 0 Å². The number of benzene rings is 1. The number of rotatable bonds is 0. The van der Waals surface area contributed by atoms with Crippen LogP contribution in [0.3, 0.4) is 0 Å². The fraction of sp³-hybridized carbons (Fsp3) is 0.100. The molecule has 0 unspecified atom stereocenters. The molecule has 70 valence electrons. The van der Waals surface area contributed by atoms with Crippen molar-refractivity contribution in [2.45, 2.75) is 6.92 Å². The Morgan fingerprint density at radius 2 is 1.86 bits per heavy atom. The monoisotopic (exact) mass is 201 g/mol. The third-order valence-electron chi connectivity index (χ3n) is 1.46. The van der Waals surface area contributed by atoms with Gasteiger partial charge in [-0.25, -0.2) is 0 Å². The van der Waals surface area contributed by atoms with Crippen molar-refractivity contribution in [2.75, 3.05) is 0 Å². The maximum Gasteiger partial charge on any atom is 0.0453 e. The van der Waals surface area contributed by atoms with Gasteiger partial charge in [-0.15, -0.1) is 0 Å². The number of aromatic nitrogens is 1. The molecule has 0 saturated heterocycles. The topological polar surface area (TPSA) is 53.1 Å². The number of nitrogens with one attached hydrogen (secondary N) is 1. The first-order chi connectivity index (χ1) is 6.20. The van der Waals surface area contributed by atoms with Gasteiger partial charge in [0.15, 0.2) is 0 Å². The summed E-state index contributed by atoms with van der Waals surface area (Å²) in [6, 6.07) is 10.3. The Balaban J connectivity index is 0.000000299. The summed E-state index contributed by atoms with van der Waals surface area (Å²) in [6.07, 6.45) is 1.95. The van der Waals surface area contributed by atoms with Crippen LogP contribution in [0.2, 0.25) is 0 Å². The van der Waals surface area contributed by atoms with Crippen LogP contribution < -0.4 is 0 Å². The molecule has 2 N–H and O–H groups in total. The number of fused-ring (bicyclic) bond motifs is 1. The summed E-state index contributed by atoms with van der Waals surface area (Å²) in [5.74, 6) is -0.833. The molecule has 0 spiro atoms. The normalized spacial score (nSPS) is 8.36. The summed E-state index contributed by atoms with van der Waals surface area (Å²) in [4.78, 5) is 12.1. The first-order valence-corrected chi connectivity index (χ1v) is 3.92. The Labute approximate surface area is 104 Å². The molecule has 1 heterocycles. The second kappa shape index (κ2) is 6.65. The van der Waals surface area contributed by atoms with Crippen LogP contribution in [-0.2, 0) is 4.79 Å². The SMILES string of the molecule is CC(=O)O.[NaH].c1ccc2[nH]ccc2c1. The summed E-state index contributed by atoms with van der Waals surface area (Å²) >= 11 is 0. The van der Waals surface area contributed by atoms with Crippen LogP contribution >= 0.6 is 0 Å². The Kier molecular flexibility index (Phi) is 6.28. The van der Waals surface area contributed by atoms with Gasteiger partial charge in [0.1, 0.15) is 0 Å². The summed E-state index contributed by atoms with van der Waals surface area (Å²) in [5.41, 5.74) is 1.21. The van der Waals surface area contributed by atoms with Crippen molar-refractivity contribution in [3.63, 3.8) is 0 Å². The minimum atomic E-state index is -0.833. The second-order valence-corrected chi connectivity index (χ2v) is 2.58. The van der Waals surface area contributed by atoms with Crippen LogP contribution in [-0.4, -0.2) is 45.6 Å². The van der Waals surface area contributed by atoms with Crippen molar-refractivity contribution in [3.8, 4) is 0 Å². The number of carboxylic acids is 1. The predicted molar refractivity (Wildman–Crippen MR) is 58.8 cm³/mol. The van der Waals surface area contributed by atoms with E-state index in [9.17, 15) is 0 Å². The standard InChI is InChI=1S/C8H7N.C2H4O2.Na.H/c1-2-4-8-7(3-1)5-6-9-8;1-2(3)4;;/h1-6,9H;1H3,(H,3,4);;. The molecule has 0 radical (unpaired) electrons. The molecular formula is C10H12NNaO2. The van der Waals surface area contributed by atoms with Gasteiger partial charge in [-0.05, 0) is 17.5 Å². The molecular weight excluding hydrogens is 189 g/mol. The third kappa shape index (κ3) is 4.46. The average molecular weight is 201 g/mol. The molecule has 1 aromatic heterocycles. The van der Waals surface area contributed by atoms with Gasteiger partial charge in [-0.3, -0.25) is 4.79 Å². The van der Waals surface area contributed by atoms with E-state index in [-0.39, 0.29) is 29.6 Å². The van der Waals surface area contributed by atoms with Crippen molar-refractivity contribution < 1.29 is 9.90 Å². The Morgan fingerprint density at radius 3 is 2.43 bits per heavy atom. The summed E-state index contributed by atoms with van der Waals surface area (Å²) < 4.78 is 0. The van der Waals surface area contributed by atoms with Crippen molar-refractivity contribution in [2.24, 2.45) is 0 Å². The molecule has 0 atom stereocenters. The maximum atomic E-state index is 9.00. The molecule has 0 bridgehead atoms. The van der Waals surface area contributed by atoms with Gasteiger partial charge < -0.3 is 10.1 Å². The van der Waals surface area contributed by atoms with Crippen LogP contribution in [0.25, 0.3) is 10.9 Å². The number of para-hydroxylation sites is 1. The van der Waals surface area contributed by atoms with Crippen molar-refractivity contribution in [3.05, 3.63) is 36.5 Å². The third-order valence-corrected chi connectivity index (χ3v) is 1.46. The van der Waals surface area contributed by atoms with E-state index in [1.54, 1.807) is 0 Å². The molecule has 0 fully saturated rings. The number of carboxylic acid groups (broad SMARTS) is 1. The van der Waals surface area contributed by atoms with E-state index in [2.05, 4.69) is 23.2 Å². The molecule has 0 saturated carbocycles. The summed E-state index contributed by atoms with van der Waals surface area (Å²) in [7, 11) is 0. The molecule has 0 aliphatic rings. The van der Waals surface area contributed by atoms with E-state index >= 15 is 0 Å². The van der Waals surface area contributed by atoms with E-state index in [1.807, 2.05) is 18.3 Å². The molecule has 2 rings (SSSR count). The average Bonchev–Trinajstić information content (AvgIpc) is 2.49. The zero-order valence-electron chi connectivity index (χ0n) is 7.32. The molecule has 3 nitrogen and oxygen atoms in total. The number of hydrogen-bond donors (Lipinski definition) is 2. The Bertz CT molecular complexity index is 363. The van der Waals surface area contributed by atoms with Crippen molar-refractivity contribution >= 4 is 46.4 Å². The van der Waals surface area contributed by atoms with Gasteiger partial charge in [0, 0.05) is 18.6 Å². The molecule has 0 aliphatic carbocycles. The predicted octanol–water partition coefficient (Wildman–Crippen LogP) is 1.61. The zero-order chi connectivity index (χ0) is 9.68. The molecule has 4 heteroatoms. The summed E-state index contributed by atoms with van der Waals surface area (Å²) in [5, 5.41) is 8.69. The fourth-order valence-corrected chi connectivity index (χ4v) is 0.995. The fourth-order valence-electron chi connectivity index (χ4n) is 0.995. The first-order valence-electron chi connectivity index (χ1n) is 3.92. The van der Waals surface area contributed by atoms with Crippen molar-refractivity contribution in [1.29, 1.82) is 0 Å². The smallest absolute Gasteiger partial charge is 0.0453 e. The quantitative estimate of drug-likeness (QED) is 0.636. The zero-order valence-corrected chi connectivity index (χ0v) is 7.32.